The average molecular weight is 269 g/mol. The molecule has 1 amide bonds. The van der Waals surface area contributed by atoms with Gasteiger partial charge in [-0.2, -0.15) is 0 Å². The van der Waals surface area contributed by atoms with Crippen molar-refractivity contribution >= 4 is 17.3 Å². The van der Waals surface area contributed by atoms with Crippen LogP contribution >= 0.6 is 0 Å². The van der Waals surface area contributed by atoms with Gasteiger partial charge in [-0.1, -0.05) is 0 Å². The van der Waals surface area contributed by atoms with E-state index in [1.807, 2.05) is 6.92 Å². The predicted octanol–water partition coefficient (Wildman–Crippen LogP) is 2.01. The van der Waals surface area contributed by atoms with Crippen LogP contribution in [0.2, 0.25) is 0 Å². The monoisotopic (exact) mass is 269 g/mol. The number of amides is 1. The molecule has 0 aliphatic carbocycles. The van der Waals surface area contributed by atoms with E-state index in [0.29, 0.717) is 6.54 Å². The largest absolute Gasteiger partial charge is 0.368 e. The first-order valence-corrected chi connectivity index (χ1v) is 5.82. The molecule has 0 aromatic heterocycles. The van der Waals surface area contributed by atoms with Gasteiger partial charge in [0.15, 0.2) is 0 Å². The summed E-state index contributed by atoms with van der Waals surface area (Å²) in [6.45, 7) is 3.91. The van der Waals surface area contributed by atoms with E-state index in [2.05, 4.69) is 5.32 Å². The molecule has 1 aromatic rings. The number of benzene rings is 1. The molecule has 1 rings (SSSR count). The molecule has 0 fully saturated rings. The minimum Gasteiger partial charge on any atom is -0.368 e. The van der Waals surface area contributed by atoms with E-state index in [-0.39, 0.29) is 17.3 Å². The lowest BCUT2D eigenvalue weighted by molar-refractivity contribution is -0.384. The van der Waals surface area contributed by atoms with Crippen LogP contribution in [0.1, 0.15) is 13.8 Å². The molecule has 1 unspecified atom stereocenters. The van der Waals surface area contributed by atoms with Crippen LogP contribution < -0.4 is 5.32 Å². The van der Waals surface area contributed by atoms with Crippen molar-refractivity contribution in [1.82, 2.24) is 4.90 Å². The second-order valence-electron chi connectivity index (χ2n) is 4.14. The first-order valence-electron chi connectivity index (χ1n) is 5.82. The highest BCUT2D eigenvalue weighted by Crippen LogP contribution is 2.25. The Morgan fingerprint density at radius 2 is 2.21 bits per heavy atom. The Labute approximate surface area is 110 Å². The van der Waals surface area contributed by atoms with Crippen molar-refractivity contribution in [2.45, 2.75) is 19.9 Å². The number of hydrogen-bond donors (Lipinski definition) is 1. The summed E-state index contributed by atoms with van der Waals surface area (Å²) in [6, 6.07) is 2.41. The number of halogens is 1. The number of anilines is 1. The summed E-state index contributed by atoms with van der Waals surface area (Å²) in [5.41, 5.74) is -0.268. The molecule has 0 aliphatic heterocycles. The molecule has 0 radical (unpaired) electrons. The van der Waals surface area contributed by atoms with E-state index in [1.165, 1.54) is 4.90 Å². The predicted molar refractivity (Wildman–Crippen MR) is 69.5 cm³/mol. The third kappa shape index (κ3) is 3.64. The zero-order valence-electron chi connectivity index (χ0n) is 11.0. The maximum Gasteiger partial charge on any atom is 0.292 e. The van der Waals surface area contributed by atoms with Crippen LogP contribution in [0.3, 0.4) is 0 Å². The fraction of sp³-hybridized carbons (Fsp3) is 0.417. The van der Waals surface area contributed by atoms with Crippen molar-refractivity contribution in [2.75, 3.05) is 18.9 Å². The summed E-state index contributed by atoms with van der Waals surface area (Å²) < 4.78 is 13.1. The Bertz CT molecular complexity index is 493. The number of nitro benzene ring substituents is 1. The third-order valence-electron chi connectivity index (χ3n) is 2.75. The summed E-state index contributed by atoms with van der Waals surface area (Å²) in [5.74, 6) is -0.822. The first kappa shape index (κ1) is 14.9. The minimum absolute atomic E-state index is 0.00430. The van der Waals surface area contributed by atoms with Gasteiger partial charge in [-0.15, -0.1) is 0 Å². The molecular formula is C12H16FN3O3. The van der Waals surface area contributed by atoms with Crippen LogP contribution in [0.25, 0.3) is 0 Å². The molecule has 0 aliphatic rings. The number of rotatable bonds is 5. The third-order valence-corrected chi connectivity index (χ3v) is 2.75. The Morgan fingerprint density at radius 1 is 1.58 bits per heavy atom. The standard InChI is InChI=1S/C12H16FN3O3/c1-4-15(3)12(17)8(2)14-10-7-9(13)5-6-11(10)16(18)19/h5-8,14H,4H2,1-3H3. The summed E-state index contributed by atoms with van der Waals surface area (Å²) in [6.07, 6.45) is 0. The topological polar surface area (TPSA) is 75.5 Å². The Hall–Kier alpha value is -2.18. The number of carbonyl (C=O) groups excluding carboxylic acids is 1. The average Bonchev–Trinajstić information content (AvgIpc) is 2.36. The molecule has 1 atom stereocenters. The fourth-order valence-corrected chi connectivity index (χ4v) is 1.56. The summed E-state index contributed by atoms with van der Waals surface area (Å²) in [4.78, 5) is 23.5. The van der Waals surface area contributed by atoms with E-state index in [1.54, 1.807) is 14.0 Å². The molecule has 1 aromatic carbocycles. The highest BCUT2D eigenvalue weighted by Gasteiger charge is 2.21. The van der Waals surface area contributed by atoms with Crippen molar-refractivity contribution < 1.29 is 14.1 Å². The molecule has 0 bridgehead atoms. The van der Waals surface area contributed by atoms with Crippen LogP contribution in [0.4, 0.5) is 15.8 Å². The quantitative estimate of drug-likeness (QED) is 0.655. The number of likely N-dealkylation sites (N-methyl/N-ethyl adjacent to an activating group) is 1. The molecule has 7 heteroatoms. The van der Waals surface area contributed by atoms with Crippen LogP contribution in [-0.2, 0) is 4.79 Å². The highest BCUT2D eigenvalue weighted by molar-refractivity contribution is 5.84. The molecule has 0 saturated carbocycles. The van der Waals surface area contributed by atoms with Gasteiger partial charge in [-0.05, 0) is 19.9 Å². The highest BCUT2D eigenvalue weighted by atomic mass is 19.1. The Kier molecular flexibility index (Phi) is 4.80. The molecule has 1 N–H and O–H groups in total. The van der Waals surface area contributed by atoms with E-state index < -0.39 is 16.8 Å². The lowest BCUT2D eigenvalue weighted by Crippen LogP contribution is -2.38. The molecule has 104 valence electrons. The maximum atomic E-state index is 13.1. The number of nitrogens with one attached hydrogen (secondary N) is 1. The van der Waals surface area contributed by atoms with Crippen molar-refractivity contribution in [3.8, 4) is 0 Å². The van der Waals surface area contributed by atoms with Gasteiger partial charge in [0.05, 0.1) is 4.92 Å². The molecule has 6 nitrogen and oxygen atoms in total. The molecular weight excluding hydrogens is 253 g/mol. The maximum absolute atomic E-state index is 13.1. The lowest BCUT2D eigenvalue weighted by atomic mass is 10.2. The number of nitrogens with zero attached hydrogens (tertiary/aromatic N) is 2. The van der Waals surface area contributed by atoms with Gasteiger partial charge in [-0.25, -0.2) is 4.39 Å². The Morgan fingerprint density at radius 3 is 2.74 bits per heavy atom. The second-order valence-corrected chi connectivity index (χ2v) is 4.14. The minimum atomic E-state index is -0.676. The van der Waals surface area contributed by atoms with E-state index >= 15 is 0 Å². The lowest BCUT2D eigenvalue weighted by Gasteiger charge is -2.21. The zero-order chi connectivity index (χ0) is 14.6. The van der Waals surface area contributed by atoms with Crippen molar-refractivity contribution in [3.05, 3.63) is 34.1 Å². The van der Waals surface area contributed by atoms with Gasteiger partial charge < -0.3 is 10.2 Å². The van der Waals surface area contributed by atoms with E-state index in [4.69, 9.17) is 0 Å². The van der Waals surface area contributed by atoms with Gasteiger partial charge in [0, 0.05) is 25.7 Å². The van der Waals surface area contributed by atoms with E-state index in [0.717, 1.165) is 18.2 Å². The second kappa shape index (κ2) is 6.12. The summed E-state index contributed by atoms with van der Waals surface area (Å²) in [7, 11) is 1.63. The molecule has 0 heterocycles. The molecule has 0 saturated heterocycles. The van der Waals surface area contributed by atoms with Crippen LogP contribution in [0, 0.1) is 15.9 Å². The van der Waals surface area contributed by atoms with Gasteiger partial charge in [0.2, 0.25) is 5.91 Å². The van der Waals surface area contributed by atoms with Gasteiger partial charge in [0.25, 0.3) is 5.69 Å². The Balaban J connectivity index is 2.95. The normalized spacial score (nSPS) is 11.8. The van der Waals surface area contributed by atoms with Crippen molar-refractivity contribution in [3.63, 3.8) is 0 Å². The van der Waals surface area contributed by atoms with Crippen LogP contribution in [-0.4, -0.2) is 35.4 Å². The first-order chi connectivity index (χ1) is 8.86. The van der Waals surface area contributed by atoms with Gasteiger partial charge in [-0.3, -0.25) is 14.9 Å². The van der Waals surface area contributed by atoms with Crippen LogP contribution in [0.15, 0.2) is 18.2 Å². The number of hydrogen-bond acceptors (Lipinski definition) is 4. The SMILES string of the molecule is CCN(C)C(=O)C(C)Nc1cc(F)ccc1[N+](=O)[O-]. The smallest absolute Gasteiger partial charge is 0.292 e. The van der Waals surface area contributed by atoms with Crippen molar-refractivity contribution in [2.24, 2.45) is 0 Å². The summed E-state index contributed by atoms with van der Waals surface area (Å²) in [5, 5.41) is 13.5. The molecule has 19 heavy (non-hydrogen) atoms. The van der Waals surface area contributed by atoms with Crippen molar-refractivity contribution in [1.29, 1.82) is 0 Å². The zero-order valence-corrected chi connectivity index (χ0v) is 11.0. The fourth-order valence-electron chi connectivity index (χ4n) is 1.56. The summed E-state index contributed by atoms with van der Waals surface area (Å²) >= 11 is 0. The molecule has 0 spiro atoms. The number of nitro groups is 1. The van der Waals surface area contributed by atoms with Gasteiger partial charge in [0.1, 0.15) is 17.5 Å². The number of carbonyl (C=O) groups is 1. The van der Waals surface area contributed by atoms with Gasteiger partial charge >= 0.3 is 0 Å². The van der Waals surface area contributed by atoms with Crippen LogP contribution in [0.5, 0.6) is 0 Å². The van der Waals surface area contributed by atoms with E-state index in [9.17, 15) is 19.3 Å².